The number of rotatable bonds is 3. The second-order valence-electron chi connectivity index (χ2n) is 5.63. The number of hydrogen-bond donors (Lipinski definition) is 0. The van der Waals surface area contributed by atoms with Crippen LogP contribution < -0.4 is 9.80 Å². The van der Waals surface area contributed by atoms with E-state index < -0.39 is 5.82 Å². The summed E-state index contributed by atoms with van der Waals surface area (Å²) < 4.78 is 15.7. The highest BCUT2D eigenvalue weighted by atomic mass is 35.5. The lowest BCUT2D eigenvalue weighted by Gasteiger charge is -2.35. The summed E-state index contributed by atoms with van der Waals surface area (Å²) in [6.07, 6.45) is 4.97. The van der Waals surface area contributed by atoms with Crippen molar-refractivity contribution < 1.29 is 4.39 Å². The maximum absolute atomic E-state index is 14.0. The van der Waals surface area contributed by atoms with Gasteiger partial charge in [0.15, 0.2) is 23.3 Å². The molecule has 4 heterocycles. The third kappa shape index (κ3) is 3.25. The van der Waals surface area contributed by atoms with Crippen molar-refractivity contribution in [3.8, 4) is 5.82 Å². The van der Waals surface area contributed by atoms with Gasteiger partial charge in [-0.3, -0.25) is 0 Å². The Morgan fingerprint density at radius 3 is 2.36 bits per heavy atom. The molecule has 0 bridgehead atoms. The maximum Gasteiger partial charge on any atom is 0.175 e. The first-order valence-corrected chi connectivity index (χ1v) is 8.23. The summed E-state index contributed by atoms with van der Waals surface area (Å²) in [5.41, 5.74) is 0. The Hall–Kier alpha value is -2.74. The Labute approximate surface area is 148 Å². The first-order valence-electron chi connectivity index (χ1n) is 7.85. The molecule has 128 valence electrons. The molecular weight excluding hydrogens is 345 g/mol. The quantitative estimate of drug-likeness (QED) is 0.714. The van der Waals surface area contributed by atoms with Gasteiger partial charge in [0, 0.05) is 44.8 Å². The molecule has 0 atom stereocenters. The molecule has 9 heteroatoms. The zero-order valence-corrected chi connectivity index (χ0v) is 14.0. The molecule has 4 rings (SSSR count). The Morgan fingerprint density at radius 1 is 1.00 bits per heavy atom. The van der Waals surface area contributed by atoms with Gasteiger partial charge in [-0.25, -0.2) is 14.1 Å². The molecule has 1 fully saturated rings. The smallest absolute Gasteiger partial charge is 0.175 e. The number of anilines is 2. The van der Waals surface area contributed by atoms with E-state index in [9.17, 15) is 4.39 Å². The lowest BCUT2D eigenvalue weighted by molar-refractivity contribution is 0.586. The van der Waals surface area contributed by atoms with Crippen LogP contribution >= 0.6 is 11.6 Å². The van der Waals surface area contributed by atoms with E-state index in [0.717, 1.165) is 5.82 Å². The molecule has 0 spiro atoms. The fourth-order valence-electron chi connectivity index (χ4n) is 2.80. The van der Waals surface area contributed by atoms with Crippen LogP contribution in [0.1, 0.15) is 0 Å². The summed E-state index contributed by atoms with van der Waals surface area (Å²) in [7, 11) is 0. The monoisotopic (exact) mass is 359 g/mol. The largest absolute Gasteiger partial charge is 0.352 e. The molecule has 1 aliphatic rings. The molecule has 3 aromatic heterocycles. The van der Waals surface area contributed by atoms with Crippen molar-refractivity contribution in [1.82, 2.24) is 25.0 Å². The lowest BCUT2D eigenvalue weighted by atomic mass is 10.3. The molecule has 3 aromatic rings. The molecule has 0 aromatic carbocycles. The minimum atomic E-state index is -0.399. The van der Waals surface area contributed by atoms with Crippen LogP contribution in [0.5, 0.6) is 0 Å². The molecule has 0 aliphatic carbocycles. The molecule has 25 heavy (non-hydrogen) atoms. The number of pyridine rings is 1. The van der Waals surface area contributed by atoms with E-state index in [-0.39, 0.29) is 0 Å². The van der Waals surface area contributed by atoms with Gasteiger partial charge < -0.3 is 9.80 Å². The van der Waals surface area contributed by atoms with Crippen LogP contribution in [0.3, 0.4) is 0 Å². The van der Waals surface area contributed by atoms with Crippen molar-refractivity contribution in [2.75, 3.05) is 36.0 Å². The van der Waals surface area contributed by atoms with Crippen LogP contribution in [-0.2, 0) is 0 Å². The van der Waals surface area contributed by atoms with Gasteiger partial charge in [-0.15, -0.1) is 10.2 Å². The van der Waals surface area contributed by atoms with E-state index in [1.807, 2.05) is 29.3 Å². The van der Waals surface area contributed by atoms with Crippen molar-refractivity contribution in [1.29, 1.82) is 0 Å². The zero-order chi connectivity index (χ0) is 17.2. The van der Waals surface area contributed by atoms with Crippen molar-refractivity contribution in [2.24, 2.45) is 0 Å². The van der Waals surface area contributed by atoms with Crippen molar-refractivity contribution in [3.63, 3.8) is 0 Å². The highest BCUT2D eigenvalue weighted by molar-refractivity contribution is 6.30. The third-order valence-electron chi connectivity index (χ3n) is 4.07. The van der Waals surface area contributed by atoms with Crippen LogP contribution in [0.4, 0.5) is 16.0 Å². The molecule has 1 saturated heterocycles. The van der Waals surface area contributed by atoms with Crippen molar-refractivity contribution in [2.45, 2.75) is 0 Å². The third-order valence-corrected chi connectivity index (χ3v) is 4.27. The summed E-state index contributed by atoms with van der Waals surface area (Å²) in [5, 5.41) is 12.9. The molecule has 0 saturated carbocycles. The second kappa shape index (κ2) is 6.64. The lowest BCUT2D eigenvalue weighted by Crippen LogP contribution is -2.47. The van der Waals surface area contributed by atoms with Gasteiger partial charge in [-0.05, 0) is 24.3 Å². The molecule has 1 aliphatic heterocycles. The fraction of sp³-hybridized carbons (Fsp3) is 0.250. The first-order chi connectivity index (χ1) is 12.2. The van der Waals surface area contributed by atoms with Gasteiger partial charge in [0.2, 0.25) is 0 Å². The van der Waals surface area contributed by atoms with Gasteiger partial charge in [0.05, 0.1) is 5.02 Å². The van der Waals surface area contributed by atoms with E-state index in [4.69, 9.17) is 11.6 Å². The number of nitrogens with zero attached hydrogens (tertiary/aromatic N) is 7. The Bertz CT molecular complexity index is 845. The van der Waals surface area contributed by atoms with E-state index in [1.54, 1.807) is 10.9 Å². The minimum Gasteiger partial charge on any atom is -0.352 e. The van der Waals surface area contributed by atoms with Crippen LogP contribution in [0.2, 0.25) is 5.02 Å². The highest BCUT2D eigenvalue weighted by Gasteiger charge is 2.21. The molecule has 0 radical (unpaired) electrons. The summed E-state index contributed by atoms with van der Waals surface area (Å²) in [6, 6.07) is 6.91. The summed E-state index contributed by atoms with van der Waals surface area (Å²) in [6.45, 7) is 2.71. The van der Waals surface area contributed by atoms with Crippen LogP contribution in [-0.4, -0.2) is 51.1 Å². The van der Waals surface area contributed by atoms with E-state index in [0.29, 0.717) is 42.8 Å². The van der Waals surface area contributed by atoms with Gasteiger partial charge in [0.25, 0.3) is 0 Å². The predicted molar refractivity (Wildman–Crippen MR) is 92.8 cm³/mol. The summed E-state index contributed by atoms with van der Waals surface area (Å²) >= 11 is 5.76. The van der Waals surface area contributed by atoms with Gasteiger partial charge in [-0.2, -0.15) is 5.10 Å². The second-order valence-corrected chi connectivity index (χ2v) is 6.07. The van der Waals surface area contributed by atoms with E-state index in [2.05, 4.69) is 25.2 Å². The standard InChI is InChI=1S/C16H15ClFN7/c17-12-10-13(18)16(19-11-12)24-8-6-23(7-9-24)14-2-3-15(22-21-14)25-5-1-4-20-25/h1-5,10-11H,6-9H2. The van der Waals surface area contributed by atoms with Crippen LogP contribution in [0.15, 0.2) is 42.9 Å². The Morgan fingerprint density at radius 2 is 1.72 bits per heavy atom. The van der Waals surface area contributed by atoms with E-state index in [1.165, 1.54) is 12.3 Å². The molecular formula is C16H15ClFN7. The predicted octanol–water partition coefficient (Wildman–Crippen LogP) is 2.18. The van der Waals surface area contributed by atoms with E-state index >= 15 is 0 Å². The Balaban J connectivity index is 1.43. The summed E-state index contributed by atoms with van der Waals surface area (Å²) in [4.78, 5) is 8.13. The molecule has 0 amide bonds. The number of piperazine rings is 1. The first kappa shape index (κ1) is 15.8. The Kier molecular flexibility index (Phi) is 4.19. The minimum absolute atomic E-state index is 0.299. The average Bonchev–Trinajstić information content (AvgIpc) is 3.17. The normalized spacial score (nSPS) is 14.8. The summed E-state index contributed by atoms with van der Waals surface area (Å²) in [5.74, 6) is 1.40. The van der Waals surface area contributed by atoms with Crippen molar-refractivity contribution in [3.05, 3.63) is 53.7 Å². The zero-order valence-electron chi connectivity index (χ0n) is 13.3. The number of halogens is 2. The van der Waals surface area contributed by atoms with Gasteiger partial charge in [0.1, 0.15) is 0 Å². The SMILES string of the molecule is Fc1cc(Cl)cnc1N1CCN(c2ccc(-n3cccn3)nn2)CC1. The van der Waals surface area contributed by atoms with Gasteiger partial charge >= 0.3 is 0 Å². The number of aromatic nitrogens is 5. The average molecular weight is 360 g/mol. The van der Waals surface area contributed by atoms with Gasteiger partial charge in [-0.1, -0.05) is 11.6 Å². The molecule has 0 N–H and O–H groups in total. The molecule has 7 nitrogen and oxygen atoms in total. The van der Waals surface area contributed by atoms with Crippen LogP contribution in [0, 0.1) is 5.82 Å². The van der Waals surface area contributed by atoms with Crippen molar-refractivity contribution >= 4 is 23.2 Å². The highest BCUT2D eigenvalue weighted by Crippen LogP contribution is 2.22. The fourth-order valence-corrected chi connectivity index (χ4v) is 2.95. The molecule has 0 unspecified atom stereocenters. The number of hydrogen-bond acceptors (Lipinski definition) is 6. The maximum atomic E-state index is 14.0. The topological polar surface area (TPSA) is 63.0 Å². The van der Waals surface area contributed by atoms with Crippen LogP contribution in [0.25, 0.3) is 5.82 Å².